The number of nitrogens with one attached hydrogen (secondary N) is 1. The van der Waals surface area contributed by atoms with E-state index in [9.17, 15) is 14.0 Å². The number of carbonyl (C=O) groups is 2. The summed E-state index contributed by atoms with van der Waals surface area (Å²) in [7, 11) is 1.46. The van der Waals surface area contributed by atoms with Gasteiger partial charge >= 0.3 is 5.97 Å². The molecule has 0 fully saturated rings. The van der Waals surface area contributed by atoms with Crippen LogP contribution in [0.15, 0.2) is 23.6 Å². The van der Waals surface area contributed by atoms with Gasteiger partial charge in [0.2, 0.25) is 5.91 Å². The van der Waals surface area contributed by atoms with Crippen molar-refractivity contribution in [2.75, 3.05) is 13.7 Å². The second-order valence-electron chi connectivity index (χ2n) is 4.66. The van der Waals surface area contributed by atoms with Gasteiger partial charge in [-0.2, -0.15) is 0 Å². The van der Waals surface area contributed by atoms with E-state index in [1.807, 2.05) is 0 Å². The standard InChI is InChI=1S/C15H15FN2O4S/c1-22-12-3-2-10(16)6-9(12)7-13(19)17-5-4-14-18-11(8-23-14)15(20)21/h2-3,6,8H,4-5,7H2,1H3,(H,17,19)(H,20,21). The third kappa shape index (κ3) is 4.75. The van der Waals surface area contributed by atoms with Gasteiger partial charge in [0.05, 0.1) is 18.5 Å². The van der Waals surface area contributed by atoms with Gasteiger partial charge in [0.15, 0.2) is 5.69 Å². The van der Waals surface area contributed by atoms with Gasteiger partial charge < -0.3 is 15.2 Å². The van der Waals surface area contributed by atoms with Crippen LogP contribution >= 0.6 is 11.3 Å². The monoisotopic (exact) mass is 338 g/mol. The van der Waals surface area contributed by atoms with Crippen LogP contribution in [0.1, 0.15) is 21.1 Å². The van der Waals surface area contributed by atoms with Crippen molar-refractivity contribution in [1.29, 1.82) is 0 Å². The van der Waals surface area contributed by atoms with E-state index in [1.165, 1.54) is 42.0 Å². The summed E-state index contributed by atoms with van der Waals surface area (Å²) >= 11 is 1.23. The number of amides is 1. The highest BCUT2D eigenvalue weighted by atomic mass is 32.1. The summed E-state index contributed by atoms with van der Waals surface area (Å²) in [5.41, 5.74) is 0.466. The van der Waals surface area contributed by atoms with Crippen molar-refractivity contribution in [2.24, 2.45) is 0 Å². The molecule has 0 saturated heterocycles. The van der Waals surface area contributed by atoms with Crippen LogP contribution in [0.2, 0.25) is 0 Å². The highest BCUT2D eigenvalue weighted by Gasteiger charge is 2.11. The first-order valence-corrected chi connectivity index (χ1v) is 7.64. The third-order valence-electron chi connectivity index (χ3n) is 3.03. The predicted octanol–water partition coefficient (Wildman–Crippen LogP) is 1.89. The SMILES string of the molecule is COc1ccc(F)cc1CC(=O)NCCc1nc(C(=O)O)cs1. The van der Waals surface area contributed by atoms with Crippen molar-refractivity contribution >= 4 is 23.2 Å². The lowest BCUT2D eigenvalue weighted by Gasteiger charge is -2.09. The number of hydrogen-bond donors (Lipinski definition) is 2. The topological polar surface area (TPSA) is 88.5 Å². The molecule has 2 aromatic rings. The molecule has 1 amide bonds. The summed E-state index contributed by atoms with van der Waals surface area (Å²) in [5, 5.41) is 13.6. The molecule has 1 aromatic carbocycles. The Morgan fingerprint density at radius 1 is 1.43 bits per heavy atom. The Hall–Kier alpha value is -2.48. The summed E-state index contributed by atoms with van der Waals surface area (Å²) in [6.07, 6.45) is 0.434. The Morgan fingerprint density at radius 3 is 2.87 bits per heavy atom. The lowest BCUT2D eigenvalue weighted by atomic mass is 10.1. The Labute approximate surface area is 135 Å². The number of hydrogen-bond acceptors (Lipinski definition) is 5. The molecule has 0 radical (unpaired) electrons. The van der Waals surface area contributed by atoms with Crippen LogP contribution in [0.5, 0.6) is 5.75 Å². The summed E-state index contributed by atoms with van der Waals surface area (Å²) in [6.45, 7) is 0.322. The number of carbonyl (C=O) groups excluding carboxylic acids is 1. The minimum Gasteiger partial charge on any atom is -0.496 e. The molecule has 2 N–H and O–H groups in total. The molecule has 0 aliphatic carbocycles. The maximum atomic E-state index is 13.2. The number of carboxylic acids is 1. The number of carboxylic acid groups (broad SMARTS) is 1. The molecule has 0 aliphatic rings. The average molecular weight is 338 g/mol. The largest absolute Gasteiger partial charge is 0.496 e. The summed E-state index contributed by atoms with van der Waals surface area (Å²) in [4.78, 5) is 26.5. The lowest BCUT2D eigenvalue weighted by molar-refractivity contribution is -0.120. The fraction of sp³-hybridized carbons (Fsp3) is 0.267. The number of ether oxygens (including phenoxy) is 1. The highest BCUT2D eigenvalue weighted by molar-refractivity contribution is 7.09. The first-order chi connectivity index (χ1) is 11.0. The molecule has 0 aliphatic heterocycles. The smallest absolute Gasteiger partial charge is 0.355 e. The number of benzene rings is 1. The maximum Gasteiger partial charge on any atom is 0.355 e. The number of aromatic nitrogens is 1. The number of thiazole rings is 1. The molecular formula is C15H15FN2O4S. The van der Waals surface area contributed by atoms with Crippen molar-refractivity contribution in [2.45, 2.75) is 12.8 Å². The quantitative estimate of drug-likeness (QED) is 0.805. The van der Waals surface area contributed by atoms with Crippen LogP contribution in [0.25, 0.3) is 0 Å². The number of methoxy groups -OCH3 is 1. The van der Waals surface area contributed by atoms with Gasteiger partial charge in [-0.3, -0.25) is 4.79 Å². The van der Waals surface area contributed by atoms with Crippen LogP contribution in [-0.2, 0) is 17.6 Å². The minimum absolute atomic E-state index is 0.000763. The zero-order valence-corrected chi connectivity index (χ0v) is 13.2. The Morgan fingerprint density at radius 2 is 2.22 bits per heavy atom. The van der Waals surface area contributed by atoms with Crippen LogP contribution in [0.3, 0.4) is 0 Å². The van der Waals surface area contributed by atoms with Crippen molar-refractivity contribution in [3.05, 3.63) is 45.7 Å². The van der Waals surface area contributed by atoms with Crippen molar-refractivity contribution in [3.63, 3.8) is 0 Å². The van der Waals surface area contributed by atoms with Crippen LogP contribution in [-0.4, -0.2) is 35.6 Å². The van der Waals surface area contributed by atoms with Crippen LogP contribution in [0.4, 0.5) is 4.39 Å². The van der Waals surface area contributed by atoms with Crippen molar-refractivity contribution in [1.82, 2.24) is 10.3 Å². The molecule has 0 bridgehead atoms. The molecule has 1 heterocycles. The van der Waals surface area contributed by atoms with Crippen molar-refractivity contribution in [3.8, 4) is 5.75 Å². The Balaban J connectivity index is 1.85. The van der Waals surface area contributed by atoms with E-state index in [1.54, 1.807) is 0 Å². The summed E-state index contributed by atoms with van der Waals surface area (Å²) < 4.78 is 18.3. The third-order valence-corrected chi connectivity index (χ3v) is 3.93. The fourth-order valence-corrected chi connectivity index (χ4v) is 2.73. The second kappa shape index (κ2) is 7.68. The molecule has 0 unspecified atom stereocenters. The van der Waals surface area contributed by atoms with E-state index < -0.39 is 11.8 Å². The fourth-order valence-electron chi connectivity index (χ4n) is 1.95. The second-order valence-corrected chi connectivity index (χ2v) is 5.61. The lowest BCUT2D eigenvalue weighted by Crippen LogP contribution is -2.27. The van der Waals surface area contributed by atoms with Gasteiger partial charge in [0.25, 0.3) is 0 Å². The van der Waals surface area contributed by atoms with Gasteiger partial charge in [-0.25, -0.2) is 14.2 Å². The van der Waals surface area contributed by atoms with E-state index in [0.717, 1.165) is 0 Å². The molecule has 8 heteroatoms. The maximum absolute atomic E-state index is 13.2. The average Bonchev–Trinajstić information content (AvgIpc) is 2.96. The highest BCUT2D eigenvalue weighted by Crippen LogP contribution is 2.19. The van der Waals surface area contributed by atoms with Gasteiger partial charge in [-0.15, -0.1) is 11.3 Å². The molecule has 122 valence electrons. The van der Waals surface area contributed by atoms with Gasteiger partial charge in [-0.1, -0.05) is 0 Å². The summed E-state index contributed by atoms with van der Waals surface area (Å²) in [5.74, 6) is -1.33. The van der Waals surface area contributed by atoms with Crippen molar-refractivity contribution < 1.29 is 23.8 Å². The number of rotatable bonds is 7. The molecule has 23 heavy (non-hydrogen) atoms. The molecule has 1 aromatic heterocycles. The number of aromatic carboxylic acids is 1. The van der Waals surface area contributed by atoms with Gasteiger partial charge in [0, 0.05) is 23.9 Å². The van der Waals surface area contributed by atoms with E-state index in [4.69, 9.17) is 9.84 Å². The molecule has 0 spiro atoms. The van der Waals surface area contributed by atoms with Crippen LogP contribution < -0.4 is 10.1 Å². The van der Waals surface area contributed by atoms with Gasteiger partial charge in [-0.05, 0) is 18.2 Å². The van der Waals surface area contributed by atoms with E-state index in [2.05, 4.69) is 10.3 Å². The van der Waals surface area contributed by atoms with Crippen LogP contribution in [0, 0.1) is 5.82 Å². The van der Waals surface area contributed by atoms with E-state index in [-0.39, 0.29) is 18.0 Å². The predicted molar refractivity (Wildman–Crippen MR) is 82.4 cm³/mol. The molecule has 0 atom stereocenters. The Kier molecular flexibility index (Phi) is 5.64. The minimum atomic E-state index is -1.07. The number of halogens is 1. The zero-order valence-electron chi connectivity index (χ0n) is 12.3. The van der Waals surface area contributed by atoms with E-state index in [0.29, 0.717) is 29.3 Å². The molecule has 6 nitrogen and oxygen atoms in total. The van der Waals surface area contributed by atoms with E-state index >= 15 is 0 Å². The first-order valence-electron chi connectivity index (χ1n) is 6.76. The van der Waals surface area contributed by atoms with Gasteiger partial charge in [0.1, 0.15) is 11.6 Å². The molecule has 0 saturated carbocycles. The normalized spacial score (nSPS) is 10.3. The first kappa shape index (κ1) is 16.9. The zero-order chi connectivity index (χ0) is 16.8. The number of nitrogens with zero attached hydrogens (tertiary/aromatic N) is 1. The Bertz CT molecular complexity index is 717. The molecular weight excluding hydrogens is 323 g/mol. The molecule has 2 rings (SSSR count). The summed E-state index contributed by atoms with van der Waals surface area (Å²) in [6, 6.07) is 4.00.